The van der Waals surface area contributed by atoms with E-state index in [1.165, 1.54) is 72.7 Å². The molecule has 334 valence electrons. The Morgan fingerprint density at radius 1 is 0.493 bits per heavy atom. The van der Waals surface area contributed by atoms with Crippen LogP contribution in [0.3, 0.4) is 0 Å². The van der Waals surface area contributed by atoms with Crippen LogP contribution in [0.5, 0.6) is 0 Å². The summed E-state index contributed by atoms with van der Waals surface area (Å²) >= 11 is 0. The summed E-state index contributed by atoms with van der Waals surface area (Å²) in [6.45, 7) is 17.2. The Labute approximate surface area is 396 Å². The topological polar surface area (TPSA) is 29.5 Å². The van der Waals surface area contributed by atoms with Gasteiger partial charge in [0.05, 0.1) is 5.69 Å². The van der Waals surface area contributed by atoms with E-state index in [4.69, 9.17) is 8.83 Å². The van der Waals surface area contributed by atoms with E-state index in [1.54, 1.807) is 6.07 Å². The van der Waals surface area contributed by atoms with Gasteiger partial charge in [-0.1, -0.05) is 162 Å². The fourth-order valence-electron chi connectivity index (χ4n) is 9.51. The van der Waals surface area contributed by atoms with E-state index in [-0.39, 0.29) is 11.2 Å². The van der Waals surface area contributed by atoms with E-state index >= 15 is 0 Å². The fourth-order valence-corrected chi connectivity index (χ4v) is 9.80. The lowest BCUT2D eigenvalue weighted by Gasteiger charge is -2.30. The zero-order valence-electron chi connectivity index (χ0n) is 39.6. The predicted octanol–water partition coefficient (Wildman–Crippen LogP) is 18.2. The van der Waals surface area contributed by atoms with Crippen LogP contribution in [0.1, 0.15) is 75.3 Å². The van der Waals surface area contributed by atoms with Crippen molar-refractivity contribution < 1.29 is 13.2 Å². The third-order valence-electron chi connectivity index (χ3n) is 12.9. The molecule has 11 aromatic rings. The van der Waals surface area contributed by atoms with E-state index in [9.17, 15) is 4.39 Å². The molecule has 3 nitrogen and oxygen atoms in total. The molecule has 5 heteroatoms. The molecule has 67 heavy (non-hydrogen) atoms. The van der Waals surface area contributed by atoms with E-state index in [0.717, 1.165) is 55.3 Å². The van der Waals surface area contributed by atoms with Gasteiger partial charge < -0.3 is 13.7 Å². The standard InChI is InChI=1S/C38H30NOP.C15H14O.C7H7F.C2H6/c1-23-15-17-31-32(19-23)38(2,3)33-22-34(27-11-4-5-13-30(27)37(31)33)39(24-9-8-10-26(41)20-24)25-16-18-29-28-12-6-7-14-35(28)40-36(29)21-25;1-10(2)11-7-8-13-12-5-3-4-6-14(12)16-15(13)9-11;1-6-3-2-4-7(8)5-6;1-2/h4-22H,41H2,1-3H3;3-10H,1-2H3;2-5H,1H3;1-2H3. The number of hydrogen-bond donors (Lipinski definition) is 0. The number of hydrogen-bond acceptors (Lipinski definition) is 3. The van der Waals surface area contributed by atoms with Crippen molar-refractivity contribution in [1.29, 1.82) is 0 Å². The van der Waals surface area contributed by atoms with Crippen LogP contribution in [0, 0.1) is 19.7 Å². The number of anilines is 3. The first kappa shape index (κ1) is 45.2. The molecule has 0 saturated heterocycles. The normalized spacial score (nSPS) is 12.3. The van der Waals surface area contributed by atoms with Gasteiger partial charge in [-0.2, -0.15) is 0 Å². The van der Waals surface area contributed by atoms with E-state index < -0.39 is 0 Å². The first-order chi connectivity index (χ1) is 32.4. The predicted molar refractivity (Wildman–Crippen MR) is 288 cm³/mol. The number of para-hydroxylation sites is 2. The number of benzene rings is 9. The van der Waals surface area contributed by atoms with Crippen molar-refractivity contribution in [1.82, 2.24) is 0 Å². The van der Waals surface area contributed by atoms with E-state index in [0.29, 0.717) is 5.92 Å². The maximum absolute atomic E-state index is 12.2. The highest BCUT2D eigenvalue weighted by Crippen LogP contribution is 2.55. The summed E-state index contributed by atoms with van der Waals surface area (Å²) in [7, 11) is 2.86. The third kappa shape index (κ3) is 8.63. The average Bonchev–Trinajstić information content (AvgIpc) is 3.97. The molecule has 1 unspecified atom stereocenters. The highest BCUT2D eigenvalue weighted by Gasteiger charge is 2.38. The van der Waals surface area contributed by atoms with Gasteiger partial charge in [-0.05, 0) is 125 Å². The third-order valence-corrected chi connectivity index (χ3v) is 13.2. The number of fused-ring (bicyclic) bond motifs is 11. The Balaban J connectivity index is 0.000000176. The monoisotopic (exact) mass is 897 g/mol. The Hall–Kier alpha value is -7.00. The molecule has 2 heterocycles. The van der Waals surface area contributed by atoms with Crippen molar-refractivity contribution in [3.05, 3.63) is 216 Å². The van der Waals surface area contributed by atoms with Crippen molar-refractivity contribution in [3.8, 4) is 11.1 Å². The Bertz CT molecular complexity index is 3560. The molecule has 0 radical (unpaired) electrons. The lowest BCUT2D eigenvalue weighted by molar-refractivity contribution is 0.626. The largest absolute Gasteiger partial charge is 0.456 e. The molecule has 0 spiro atoms. The van der Waals surface area contributed by atoms with E-state index in [2.05, 4.69) is 176 Å². The van der Waals surface area contributed by atoms with Crippen LogP contribution in [0.4, 0.5) is 21.5 Å². The van der Waals surface area contributed by atoms with Crippen molar-refractivity contribution >= 4 is 86.3 Å². The second-order valence-corrected chi connectivity index (χ2v) is 18.7. The molecule has 1 aliphatic rings. The van der Waals surface area contributed by atoms with Gasteiger partial charge in [0.15, 0.2) is 0 Å². The Morgan fingerprint density at radius 3 is 1.69 bits per heavy atom. The van der Waals surface area contributed by atoms with Gasteiger partial charge in [-0.25, -0.2) is 4.39 Å². The van der Waals surface area contributed by atoms with Gasteiger partial charge in [-0.15, -0.1) is 9.24 Å². The molecule has 1 atom stereocenters. The molecule has 12 rings (SSSR count). The van der Waals surface area contributed by atoms with E-state index in [1.807, 2.05) is 57.2 Å². The second-order valence-electron chi connectivity index (χ2n) is 18.1. The second kappa shape index (κ2) is 18.7. The summed E-state index contributed by atoms with van der Waals surface area (Å²) in [4.78, 5) is 2.40. The minimum atomic E-state index is -0.162. The van der Waals surface area contributed by atoms with Crippen LogP contribution < -0.4 is 10.2 Å². The summed E-state index contributed by atoms with van der Waals surface area (Å²) in [6, 6.07) is 63.0. The van der Waals surface area contributed by atoms with Crippen LogP contribution in [0.25, 0.3) is 65.8 Å². The quantitative estimate of drug-likeness (QED) is 0.165. The molecule has 0 N–H and O–H groups in total. The number of aryl methyl sites for hydroxylation is 2. The van der Waals surface area contributed by atoms with Crippen molar-refractivity contribution in [3.63, 3.8) is 0 Å². The maximum Gasteiger partial charge on any atom is 0.137 e. The minimum absolute atomic E-state index is 0.119. The van der Waals surface area contributed by atoms with Crippen LogP contribution >= 0.6 is 9.24 Å². The van der Waals surface area contributed by atoms with Gasteiger partial charge in [-0.3, -0.25) is 0 Å². The molecule has 9 aromatic carbocycles. The minimum Gasteiger partial charge on any atom is -0.456 e. The van der Waals surface area contributed by atoms with Gasteiger partial charge in [0.1, 0.15) is 28.1 Å². The smallest absolute Gasteiger partial charge is 0.137 e. The van der Waals surface area contributed by atoms with Gasteiger partial charge >= 0.3 is 0 Å². The Morgan fingerprint density at radius 2 is 1.06 bits per heavy atom. The molecule has 0 saturated carbocycles. The lowest BCUT2D eigenvalue weighted by Crippen LogP contribution is -2.17. The zero-order chi connectivity index (χ0) is 47.0. The SMILES string of the molecule is CC.CC(C)c1ccc2c(c1)oc1ccccc12.Cc1ccc2c(c1)C(C)(C)c1cc(N(c3cccc(P)c3)c3ccc4c(c3)oc3ccccc34)c3ccccc3c1-2.Cc1cccc(F)c1. The maximum atomic E-state index is 12.2. The molecule has 0 fully saturated rings. The number of rotatable bonds is 4. The van der Waals surface area contributed by atoms with Crippen molar-refractivity contribution in [2.75, 3.05) is 4.90 Å². The van der Waals surface area contributed by atoms with Gasteiger partial charge in [0.2, 0.25) is 0 Å². The average molecular weight is 898 g/mol. The van der Waals surface area contributed by atoms with Crippen molar-refractivity contribution in [2.45, 2.75) is 66.7 Å². The summed E-state index contributed by atoms with van der Waals surface area (Å²) < 4.78 is 24.4. The first-order valence-electron chi connectivity index (χ1n) is 23.3. The summed E-state index contributed by atoms with van der Waals surface area (Å²) in [5, 5.41) is 8.35. The molecule has 0 amide bonds. The van der Waals surface area contributed by atoms with Gasteiger partial charge in [0, 0.05) is 49.8 Å². The number of nitrogens with zero attached hydrogens (tertiary/aromatic N) is 1. The molecule has 0 aliphatic heterocycles. The van der Waals surface area contributed by atoms with Crippen LogP contribution in [0.2, 0.25) is 0 Å². The molecule has 2 aromatic heterocycles. The first-order valence-corrected chi connectivity index (χ1v) is 23.9. The van der Waals surface area contributed by atoms with Crippen LogP contribution in [0.15, 0.2) is 191 Å². The molecule has 1 aliphatic carbocycles. The van der Waals surface area contributed by atoms with Gasteiger partial charge in [0.25, 0.3) is 0 Å². The molecular weight excluding hydrogens is 841 g/mol. The highest BCUT2D eigenvalue weighted by atomic mass is 31.0. The summed E-state index contributed by atoms with van der Waals surface area (Å²) in [6.07, 6.45) is 0. The van der Waals surface area contributed by atoms with Crippen LogP contribution in [-0.2, 0) is 5.41 Å². The number of halogens is 1. The van der Waals surface area contributed by atoms with Crippen LogP contribution in [-0.4, -0.2) is 0 Å². The fraction of sp³-hybridized carbons (Fsp3) is 0.161. The summed E-state index contributed by atoms with van der Waals surface area (Å²) in [5.41, 5.74) is 16.1. The molecule has 0 bridgehead atoms. The van der Waals surface area contributed by atoms with Crippen molar-refractivity contribution in [2.24, 2.45) is 0 Å². The zero-order valence-corrected chi connectivity index (χ0v) is 40.8. The molecular formula is C62H57FNO2P. The lowest BCUT2D eigenvalue weighted by atomic mass is 9.81. The Kier molecular flexibility index (Phi) is 12.6. The number of furan rings is 2. The summed E-state index contributed by atoms with van der Waals surface area (Å²) in [5.74, 6) is 0.377. The highest BCUT2D eigenvalue weighted by molar-refractivity contribution is 7.27.